The highest BCUT2D eigenvalue weighted by Crippen LogP contribution is 2.10. The van der Waals surface area contributed by atoms with Gasteiger partial charge < -0.3 is 15.8 Å². The maximum absolute atomic E-state index is 10.8. The van der Waals surface area contributed by atoms with Crippen LogP contribution in [0, 0.1) is 6.92 Å². The molecular formula is C8H12N2O2. The van der Waals surface area contributed by atoms with Crippen molar-refractivity contribution >= 4 is 0 Å². The average molecular weight is 168 g/mol. The Morgan fingerprint density at radius 2 is 2.33 bits per heavy atom. The summed E-state index contributed by atoms with van der Waals surface area (Å²) in [5.74, 6) is 0. The van der Waals surface area contributed by atoms with Crippen LogP contribution < -0.4 is 11.3 Å². The zero-order valence-electron chi connectivity index (χ0n) is 6.87. The van der Waals surface area contributed by atoms with E-state index in [1.54, 1.807) is 13.0 Å². The van der Waals surface area contributed by atoms with Crippen LogP contribution in [0.4, 0.5) is 0 Å². The van der Waals surface area contributed by atoms with Gasteiger partial charge in [0.05, 0.1) is 12.6 Å². The Balaban J connectivity index is 3.09. The first-order valence-electron chi connectivity index (χ1n) is 3.71. The van der Waals surface area contributed by atoms with E-state index in [1.165, 1.54) is 6.07 Å². The highest BCUT2D eigenvalue weighted by Gasteiger charge is 2.06. The van der Waals surface area contributed by atoms with Crippen molar-refractivity contribution in [1.82, 2.24) is 4.98 Å². The van der Waals surface area contributed by atoms with Gasteiger partial charge >= 0.3 is 0 Å². The number of hydrogen-bond acceptors (Lipinski definition) is 3. The molecule has 4 heteroatoms. The molecule has 0 aliphatic heterocycles. The molecule has 0 saturated carbocycles. The van der Waals surface area contributed by atoms with Crippen molar-refractivity contribution in [2.75, 3.05) is 6.61 Å². The highest BCUT2D eigenvalue weighted by atomic mass is 16.3. The molecule has 0 fully saturated rings. The van der Waals surface area contributed by atoms with Gasteiger partial charge in [0.15, 0.2) is 0 Å². The molecule has 4 N–H and O–H groups in total. The largest absolute Gasteiger partial charge is 0.394 e. The van der Waals surface area contributed by atoms with Gasteiger partial charge in [0.25, 0.3) is 0 Å². The monoisotopic (exact) mass is 168 g/mol. The summed E-state index contributed by atoms with van der Waals surface area (Å²) in [6, 6.07) is 2.62. The standard InChI is InChI=1S/C8H12N2O2/c1-5-6(7(9)4-11)2-3-8(12)10-5/h2-3,7,11H,4,9H2,1H3,(H,10,12). The Kier molecular flexibility index (Phi) is 2.62. The molecule has 1 atom stereocenters. The van der Waals surface area contributed by atoms with Crippen molar-refractivity contribution in [3.63, 3.8) is 0 Å². The number of aliphatic hydroxyl groups excluding tert-OH is 1. The average Bonchev–Trinajstić information content (AvgIpc) is 2.03. The molecule has 0 amide bonds. The number of nitrogens with one attached hydrogen (secondary N) is 1. The number of pyridine rings is 1. The summed E-state index contributed by atoms with van der Waals surface area (Å²) in [6.45, 7) is 1.64. The third kappa shape index (κ3) is 1.72. The second-order valence-corrected chi connectivity index (χ2v) is 2.69. The lowest BCUT2D eigenvalue weighted by Gasteiger charge is -2.10. The van der Waals surface area contributed by atoms with Crippen molar-refractivity contribution in [2.45, 2.75) is 13.0 Å². The molecule has 1 aromatic rings. The minimum atomic E-state index is -0.415. The summed E-state index contributed by atoms with van der Waals surface area (Å²) >= 11 is 0. The Morgan fingerprint density at radius 1 is 1.67 bits per heavy atom. The third-order valence-electron chi connectivity index (χ3n) is 1.75. The maximum atomic E-state index is 10.8. The summed E-state index contributed by atoms with van der Waals surface area (Å²) in [4.78, 5) is 13.4. The predicted molar refractivity (Wildman–Crippen MR) is 45.8 cm³/mol. The first-order valence-corrected chi connectivity index (χ1v) is 3.71. The molecule has 1 heterocycles. The van der Waals surface area contributed by atoms with Gasteiger partial charge in [-0.15, -0.1) is 0 Å². The van der Waals surface area contributed by atoms with Crippen LogP contribution in [-0.4, -0.2) is 16.7 Å². The fraction of sp³-hybridized carbons (Fsp3) is 0.375. The Bertz CT molecular complexity index is 319. The Labute approximate surface area is 70.0 Å². The quantitative estimate of drug-likeness (QED) is 0.566. The molecule has 66 valence electrons. The van der Waals surface area contributed by atoms with Crippen LogP contribution >= 0.6 is 0 Å². The Hall–Kier alpha value is -1.13. The SMILES string of the molecule is Cc1[nH]c(=O)ccc1C(N)CO. The van der Waals surface area contributed by atoms with E-state index in [9.17, 15) is 4.79 Å². The van der Waals surface area contributed by atoms with Crippen LogP contribution in [0.15, 0.2) is 16.9 Å². The zero-order chi connectivity index (χ0) is 9.14. The smallest absolute Gasteiger partial charge is 0.248 e. The lowest BCUT2D eigenvalue weighted by Crippen LogP contribution is -2.18. The number of nitrogens with two attached hydrogens (primary N) is 1. The van der Waals surface area contributed by atoms with Gasteiger partial charge in [-0.2, -0.15) is 0 Å². The van der Waals surface area contributed by atoms with E-state index in [4.69, 9.17) is 10.8 Å². The van der Waals surface area contributed by atoms with E-state index >= 15 is 0 Å². The summed E-state index contributed by atoms with van der Waals surface area (Å²) < 4.78 is 0. The van der Waals surface area contributed by atoms with E-state index in [0.29, 0.717) is 5.69 Å². The predicted octanol–water partition coefficient (Wildman–Crippen LogP) is -0.325. The van der Waals surface area contributed by atoms with Gasteiger partial charge in [0, 0.05) is 11.8 Å². The minimum absolute atomic E-state index is 0.118. The van der Waals surface area contributed by atoms with E-state index in [0.717, 1.165) is 5.56 Å². The van der Waals surface area contributed by atoms with Crippen molar-refractivity contribution < 1.29 is 5.11 Å². The molecular weight excluding hydrogens is 156 g/mol. The van der Waals surface area contributed by atoms with Crippen LogP contribution in [0.1, 0.15) is 17.3 Å². The van der Waals surface area contributed by atoms with Crippen molar-refractivity contribution in [2.24, 2.45) is 5.73 Å². The number of rotatable bonds is 2. The third-order valence-corrected chi connectivity index (χ3v) is 1.75. The van der Waals surface area contributed by atoms with Crippen LogP contribution in [0.5, 0.6) is 0 Å². The van der Waals surface area contributed by atoms with Crippen LogP contribution in [-0.2, 0) is 0 Å². The van der Waals surface area contributed by atoms with Gasteiger partial charge in [-0.3, -0.25) is 4.79 Å². The van der Waals surface area contributed by atoms with Crippen LogP contribution in [0.2, 0.25) is 0 Å². The number of aryl methyl sites for hydroxylation is 1. The van der Waals surface area contributed by atoms with E-state index < -0.39 is 6.04 Å². The van der Waals surface area contributed by atoms with Crippen LogP contribution in [0.25, 0.3) is 0 Å². The first-order chi connectivity index (χ1) is 5.65. The molecule has 0 spiro atoms. The molecule has 0 bridgehead atoms. The van der Waals surface area contributed by atoms with E-state index in [1.807, 2.05) is 0 Å². The minimum Gasteiger partial charge on any atom is -0.394 e. The second-order valence-electron chi connectivity index (χ2n) is 2.69. The zero-order valence-corrected chi connectivity index (χ0v) is 6.87. The normalized spacial score (nSPS) is 12.9. The topological polar surface area (TPSA) is 79.1 Å². The van der Waals surface area contributed by atoms with Gasteiger partial charge in [-0.05, 0) is 12.5 Å². The molecule has 0 radical (unpaired) electrons. The van der Waals surface area contributed by atoms with Crippen molar-refractivity contribution in [3.05, 3.63) is 33.7 Å². The first kappa shape index (κ1) is 8.96. The van der Waals surface area contributed by atoms with Gasteiger partial charge in [-0.1, -0.05) is 6.07 Å². The molecule has 0 aromatic carbocycles. The highest BCUT2D eigenvalue weighted by molar-refractivity contribution is 5.21. The molecule has 12 heavy (non-hydrogen) atoms. The molecule has 1 unspecified atom stereocenters. The maximum Gasteiger partial charge on any atom is 0.248 e. The summed E-state index contributed by atoms with van der Waals surface area (Å²) in [6.07, 6.45) is 0. The second kappa shape index (κ2) is 3.51. The number of H-pyrrole nitrogens is 1. The number of aromatic amines is 1. The fourth-order valence-electron chi connectivity index (χ4n) is 1.09. The number of hydrogen-bond donors (Lipinski definition) is 3. The molecule has 0 aliphatic rings. The summed E-state index contributed by atoms with van der Waals surface area (Å²) in [7, 11) is 0. The Morgan fingerprint density at radius 3 is 2.83 bits per heavy atom. The van der Waals surface area contributed by atoms with E-state index in [2.05, 4.69) is 4.98 Å². The van der Waals surface area contributed by atoms with E-state index in [-0.39, 0.29) is 12.2 Å². The fourth-order valence-corrected chi connectivity index (χ4v) is 1.09. The molecule has 0 saturated heterocycles. The molecule has 4 nitrogen and oxygen atoms in total. The van der Waals surface area contributed by atoms with Crippen LogP contribution in [0.3, 0.4) is 0 Å². The number of aromatic nitrogens is 1. The lowest BCUT2D eigenvalue weighted by atomic mass is 10.1. The number of aliphatic hydroxyl groups is 1. The van der Waals surface area contributed by atoms with Crippen molar-refractivity contribution in [1.29, 1.82) is 0 Å². The van der Waals surface area contributed by atoms with Gasteiger partial charge in [0.1, 0.15) is 0 Å². The molecule has 1 aromatic heterocycles. The molecule has 1 rings (SSSR count). The van der Waals surface area contributed by atoms with Crippen molar-refractivity contribution in [3.8, 4) is 0 Å². The summed E-state index contributed by atoms with van der Waals surface area (Å²) in [5, 5.41) is 8.76. The summed E-state index contributed by atoms with van der Waals surface area (Å²) in [5.41, 5.74) is 6.91. The molecule has 0 aliphatic carbocycles. The lowest BCUT2D eigenvalue weighted by molar-refractivity contribution is 0.267. The van der Waals surface area contributed by atoms with Gasteiger partial charge in [0.2, 0.25) is 5.56 Å². The van der Waals surface area contributed by atoms with Gasteiger partial charge in [-0.25, -0.2) is 0 Å².